The molecule has 0 aromatic heterocycles. The molecule has 1 aromatic carbocycles. The second kappa shape index (κ2) is 7.91. The molecule has 0 radical (unpaired) electrons. The molecule has 1 saturated carbocycles. The van der Waals surface area contributed by atoms with Crippen LogP contribution < -0.4 is 10.2 Å². The largest absolute Gasteiger partial charge is 0.456 e. The number of esters is 1. The molecule has 134 valence electrons. The molecule has 6 nitrogen and oxygen atoms in total. The first-order valence-corrected chi connectivity index (χ1v) is 9.50. The third-order valence-electron chi connectivity index (χ3n) is 4.43. The van der Waals surface area contributed by atoms with Gasteiger partial charge in [-0.25, -0.2) is 0 Å². The SMILES string of the molecule is C[C@@H](NC(=O)COC(=O)CCN1C(=O)CSc2ccccc21)C1CC1. The Morgan fingerprint density at radius 1 is 1.36 bits per heavy atom. The van der Waals surface area contributed by atoms with E-state index in [4.69, 9.17) is 4.74 Å². The molecule has 7 heteroatoms. The first-order valence-electron chi connectivity index (χ1n) is 8.52. The Hall–Kier alpha value is -2.02. The van der Waals surface area contributed by atoms with Crippen molar-refractivity contribution >= 4 is 35.2 Å². The van der Waals surface area contributed by atoms with Crippen LogP contribution >= 0.6 is 11.8 Å². The number of hydrogen-bond acceptors (Lipinski definition) is 5. The van der Waals surface area contributed by atoms with Crippen molar-refractivity contribution < 1.29 is 19.1 Å². The smallest absolute Gasteiger partial charge is 0.308 e. The number of nitrogens with one attached hydrogen (secondary N) is 1. The molecule has 0 spiro atoms. The van der Waals surface area contributed by atoms with Crippen molar-refractivity contribution in [3.8, 4) is 0 Å². The summed E-state index contributed by atoms with van der Waals surface area (Å²) in [7, 11) is 0. The highest BCUT2D eigenvalue weighted by Crippen LogP contribution is 2.35. The first-order chi connectivity index (χ1) is 12.0. The number of anilines is 1. The number of amides is 2. The number of para-hydroxylation sites is 1. The number of thioether (sulfide) groups is 1. The number of hydrogen-bond donors (Lipinski definition) is 1. The zero-order valence-electron chi connectivity index (χ0n) is 14.2. The van der Waals surface area contributed by atoms with Gasteiger partial charge in [0.1, 0.15) is 0 Å². The van der Waals surface area contributed by atoms with Gasteiger partial charge in [-0.3, -0.25) is 14.4 Å². The topological polar surface area (TPSA) is 75.7 Å². The van der Waals surface area contributed by atoms with Gasteiger partial charge in [0.25, 0.3) is 5.91 Å². The highest BCUT2D eigenvalue weighted by atomic mass is 32.2. The van der Waals surface area contributed by atoms with Crippen molar-refractivity contribution in [1.82, 2.24) is 5.32 Å². The van der Waals surface area contributed by atoms with Gasteiger partial charge in [0.2, 0.25) is 5.91 Å². The number of carbonyl (C=O) groups is 3. The summed E-state index contributed by atoms with van der Waals surface area (Å²) in [6.07, 6.45) is 2.35. The van der Waals surface area contributed by atoms with Crippen molar-refractivity contribution in [2.24, 2.45) is 5.92 Å². The van der Waals surface area contributed by atoms with Crippen LogP contribution in [-0.2, 0) is 19.1 Å². The average Bonchev–Trinajstić information content (AvgIpc) is 3.44. The zero-order valence-corrected chi connectivity index (χ0v) is 15.0. The lowest BCUT2D eigenvalue weighted by molar-refractivity contribution is -0.148. The Bertz CT molecular complexity index is 675. The van der Waals surface area contributed by atoms with Crippen LogP contribution in [0.25, 0.3) is 0 Å². The normalized spacial score (nSPS) is 17.6. The second-order valence-electron chi connectivity index (χ2n) is 6.41. The van der Waals surface area contributed by atoms with Crippen molar-refractivity contribution in [1.29, 1.82) is 0 Å². The lowest BCUT2D eigenvalue weighted by Crippen LogP contribution is -2.38. The van der Waals surface area contributed by atoms with Crippen LogP contribution in [0.15, 0.2) is 29.2 Å². The molecule has 2 amide bonds. The summed E-state index contributed by atoms with van der Waals surface area (Å²) in [6, 6.07) is 7.76. The number of fused-ring (bicyclic) bond motifs is 1. The summed E-state index contributed by atoms with van der Waals surface area (Å²) < 4.78 is 5.02. The Morgan fingerprint density at radius 3 is 2.88 bits per heavy atom. The predicted molar refractivity (Wildman–Crippen MR) is 95.4 cm³/mol. The molecular weight excluding hydrogens is 340 g/mol. The van der Waals surface area contributed by atoms with Crippen LogP contribution in [-0.4, -0.2) is 42.7 Å². The standard InChI is InChI=1S/C18H22N2O4S/c1-12(13-6-7-13)19-16(21)10-24-18(23)8-9-20-14-4-2-3-5-15(14)25-11-17(20)22/h2-5,12-13H,6-11H2,1H3,(H,19,21)/t12-/m1/s1. The lowest BCUT2D eigenvalue weighted by atomic mass is 10.2. The molecule has 2 aliphatic rings. The van der Waals surface area contributed by atoms with Crippen molar-refractivity contribution in [2.45, 2.75) is 37.1 Å². The summed E-state index contributed by atoms with van der Waals surface area (Å²) in [6.45, 7) is 1.96. The van der Waals surface area contributed by atoms with E-state index in [0.29, 0.717) is 11.7 Å². The molecule has 0 saturated heterocycles. The van der Waals surface area contributed by atoms with Gasteiger partial charge in [-0.1, -0.05) is 12.1 Å². The van der Waals surface area contributed by atoms with Gasteiger partial charge in [-0.15, -0.1) is 11.8 Å². The van der Waals surface area contributed by atoms with Gasteiger partial charge in [0.05, 0.1) is 17.9 Å². The molecule has 1 heterocycles. The second-order valence-corrected chi connectivity index (χ2v) is 7.42. The quantitative estimate of drug-likeness (QED) is 0.751. The van der Waals surface area contributed by atoms with Gasteiger partial charge in [-0.05, 0) is 37.8 Å². The van der Waals surface area contributed by atoms with E-state index in [2.05, 4.69) is 5.32 Å². The minimum Gasteiger partial charge on any atom is -0.456 e. The van der Waals surface area contributed by atoms with Gasteiger partial charge >= 0.3 is 5.97 Å². The third-order valence-corrected chi connectivity index (χ3v) is 5.48. The van der Waals surface area contributed by atoms with Crippen LogP contribution in [0, 0.1) is 5.92 Å². The predicted octanol–water partition coefficient (Wildman–Crippen LogP) is 1.97. The molecule has 1 aromatic rings. The minimum atomic E-state index is -0.474. The Morgan fingerprint density at radius 2 is 2.12 bits per heavy atom. The van der Waals surface area contributed by atoms with Gasteiger partial charge in [0.15, 0.2) is 6.61 Å². The van der Waals surface area contributed by atoms with E-state index in [-0.39, 0.29) is 37.4 Å². The molecule has 1 atom stereocenters. The maximum atomic E-state index is 12.1. The van der Waals surface area contributed by atoms with E-state index in [0.717, 1.165) is 23.4 Å². The fraction of sp³-hybridized carbons (Fsp3) is 0.500. The van der Waals surface area contributed by atoms with Crippen LogP contribution in [0.2, 0.25) is 0 Å². The van der Waals surface area contributed by atoms with Gasteiger partial charge in [-0.2, -0.15) is 0 Å². The lowest BCUT2D eigenvalue weighted by Gasteiger charge is -2.28. The van der Waals surface area contributed by atoms with E-state index in [9.17, 15) is 14.4 Å². The number of benzene rings is 1. The molecule has 1 fully saturated rings. The molecule has 25 heavy (non-hydrogen) atoms. The number of ether oxygens (including phenoxy) is 1. The van der Waals surface area contributed by atoms with Gasteiger partial charge in [0, 0.05) is 17.5 Å². The minimum absolute atomic E-state index is 0.0208. The van der Waals surface area contributed by atoms with E-state index >= 15 is 0 Å². The Balaban J connectivity index is 1.44. The summed E-state index contributed by atoms with van der Waals surface area (Å²) in [5.41, 5.74) is 0.826. The fourth-order valence-electron chi connectivity index (χ4n) is 2.83. The molecule has 1 aliphatic carbocycles. The van der Waals surface area contributed by atoms with Crippen molar-refractivity contribution in [3.63, 3.8) is 0 Å². The third kappa shape index (κ3) is 4.75. The number of carbonyl (C=O) groups excluding carboxylic acids is 3. The maximum absolute atomic E-state index is 12.1. The Labute approximate surface area is 151 Å². The average molecular weight is 362 g/mol. The van der Waals surface area contributed by atoms with Crippen molar-refractivity contribution in [2.75, 3.05) is 23.8 Å². The van der Waals surface area contributed by atoms with Gasteiger partial charge < -0.3 is 15.0 Å². The first kappa shape index (κ1) is 17.8. The number of rotatable bonds is 7. The molecule has 3 rings (SSSR count). The molecular formula is C18H22N2O4S. The summed E-state index contributed by atoms with van der Waals surface area (Å²) in [5.74, 6) is 0.157. The van der Waals surface area contributed by atoms with E-state index < -0.39 is 5.97 Å². The van der Waals surface area contributed by atoms with Crippen LogP contribution in [0.3, 0.4) is 0 Å². The molecule has 0 bridgehead atoms. The molecule has 1 N–H and O–H groups in total. The molecule has 0 unspecified atom stereocenters. The van der Waals surface area contributed by atoms with E-state index in [1.54, 1.807) is 4.90 Å². The van der Waals surface area contributed by atoms with Crippen LogP contribution in [0.1, 0.15) is 26.2 Å². The van der Waals surface area contributed by atoms with Crippen LogP contribution in [0.5, 0.6) is 0 Å². The summed E-state index contributed by atoms with van der Waals surface area (Å²) >= 11 is 1.50. The highest BCUT2D eigenvalue weighted by Gasteiger charge is 2.29. The van der Waals surface area contributed by atoms with E-state index in [1.807, 2.05) is 31.2 Å². The van der Waals surface area contributed by atoms with E-state index in [1.165, 1.54) is 11.8 Å². The summed E-state index contributed by atoms with van der Waals surface area (Å²) in [4.78, 5) is 38.4. The monoisotopic (exact) mass is 362 g/mol. The maximum Gasteiger partial charge on any atom is 0.308 e. The highest BCUT2D eigenvalue weighted by molar-refractivity contribution is 8.00. The fourth-order valence-corrected chi connectivity index (χ4v) is 3.77. The number of nitrogens with zero attached hydrogens (tertiary/aromatic N) is 1. The summed E-state index contributed by atoms with van der Waals surface area (Å²) in [5, 5.41) is 2.84. The van der Waals surface area contributed by atoms with Crippen LogP contribution in [0.4, 0.5) is 5.69 Å². The van der Waals surface area contributed by atoms with Crippen molar-refractivity contribution in [3.05, 3.63) is 24.3 Å². The zero-order chi connectivity index (χ0) is 17.8. The Kier molecular flexibility index (Phi) is 5.63. The molecule has 1 aliphatic heterocycles.